The fourth-order valence-electron chi connectivity index (χ4n) is 1.99. The number of pyridine rings is 1. The standard InChI is InChI=1S/C16H13N5/c17-9-13-2-1-3-14(8-13)10-19-15-4-5-16(20-11-15)21-7-6-18-12-21/h1-8,11-12,19H,10H2. The highest BCUT2D eigenvalue weighted by Crippen LogP contribution is 2.12. The van der Waals surface area contributed by atoms with E-state index < -0.39 is 0 Å². The summed E-state index contributed by atoms with van der Waals surface area (Å²) in [7, 11) is 0. The van der Waals surface area contributed by atoms with E-state index in [1.165, 1.54) is 0 Å². The zero-order valence-corrected chi connectivity index (χ0v) is 11.3. The lowest BCUT2D eigenvalue weighted by Crippen LogP contribution is -2.01. The first-order chi connectivity index (χ1) is 10.3. The number of rotatable bonds is 4. The topological polar surface area (TPSA) is 66.5 Å². The molecule has 0 aliphatic carbocycles. The molecule has 21 heavy (non-hydrogen) atoms. The van der Waals surface area contributed by atoms with Crippen LogP contribution >= 0.6 is 0 Å². The highest BCUT2D eigenvalue weighted by Gasteiger charge is 1.99. The molecule has 0 atom stereocenters. The second-order valence-corrected chi connectivity index (χ2v) is 4.54. The molecule has 0 saturated heterocycles. The predicted octanol–water partition coefficient (Wildman–Crippen LogP) is 2.75. The van der Waals surface area contributed by atoms with Crippen molar-refractivity contribution in [2.75, 3.05) is 5.32 Å². The normalized spacial score (nSPS) is 10.0. The second-order valence-electron chi connectivity index (χ2n) is 4.54. The first-order valence-corrected chi connectivity index (χ1v) is 6.52. The average Bonchev–Trinajstić information content (AvgIpc) is 3.08. The van der Waals surface area contributed by atoms with Crippen LogP contribution in [0, 0.1) is 11.3 Å². The molecule has 0 aliphatic heterocycles. The van der Waals surface area contributed by atoms with E-state index in [9.17, 15) is 0 Å². The highest BCUT2D eigenvalue weighted by atomic mass is 15.1. The van der Waals surface area contributed by atoms with Crippen molar-refractivity contribution in [1.82, 2.24) is 14.5 Å². The summed E-state index contributed by atoms with van der Waals surface area (Å²) in [5.41, 5.74) is 2.66. The number of hydrogen-bond donors (Lipinski definition) is 1. The van der Waals surface area contributed by atoms with Gasteiger partial charge in [0.2, 0.25) is 0 Å². The van der Waals surface area contributed by atoms with Crippen molar-refractivity contribution >= 4 is 5.69 Å². The van der Waals surface area contributed by atoms with Gasteiger partial charge in [0, 0.05) is 18.9 Å². The molecule has 0 radical (unpaired) electrons. The van der Waals surface area contributed by atoms with Crippen LogP contribution in [-0.2, 0) is 6.54 Å². The molecule has 1 aromatic carbocycles. The average molecular weight is 275 g/mol. The number of anilines is 1. The third kappa shape index (κ3) is 3.07. The lowest BCUT2D eigenvalue weighted by Gasteiger charge is -2.07. The minimum absolute atomic E-state index is 0.654. The first kappa shape index (κ1) is 12.9. The maximum atomic E-state index is 8.88. The molecule has 5 nitrogen and oxygen atoms in total. The van der Waals surface area contributed by atoms with Gasteiger partial charge in [0.05, 0.1) is 23.5 Å². The molecule has 0 amide bonds. The van der Waals surface area contributed by atoms with Crippen LogP contribution in [0.25, 0.3) is 5.82 Å². The van der Waals surface area contributed by atoms with E-state index in [4.69, 9.17) is 5.26 Å². The minimum Gasteiger partial charge on any atom is -0.380 e. The van der Waals surface area contributed by atoms with Gasteiger partial charge >= 0.3 is 0 Å². The molecule has 5 heteroatoms. The van der Waals surface area contributed by atoms with Crippen LogP contribution in [0.3, 0.4) is 0 Å². The molecular weight excluding hydrogens is 262 g/mol. The summed E-state index contributed by atoms with van der Waals surface area (Å²) in [5.74, 6) is 0.824. The molecule has 3 rings (SSSR count). The van der Waals surface area contributed by atoms with Crippen molar-refractivity contribution in [1.29, 1.82) is 5.26 Å². The summed E-state index contributed by atoms with van der Waals surface area (Å²) in [5, 5.41) is 12.2. The Labute approximate surface area is 122 Å². The van der Waals surface area contributed by atoms with E-state index in [0.29, 0.717) is 12.1 Å². The van der Waals surface area contributed by atoms with Crippen LogP contribution < -0.4 is 5.32 Å². The fourth-order valence-corrected chi connectivity index (χ4v) is 1.99. The Hall–Kier alpha value is -3.13. The van der Waals surface area contributed by atoms with Gasteiger partial charge in [-0.15, -0.1) is 0 Å². The zero-order chi connectivity index (χ0) is 14.5. The molecule has 0 aliphatic rings. The van der Waals surface area contributed by atoms with Crippen molar-refractivity contribution in [2.45, 2.75) is 6.54 Å². The Morgan fingerprint density at radius 3 is 2.90 bits per heavy atom. The van der Waals surface area contributed by atoms with Gasteiger partial charge in [-0.05, 0) is 29.8 Å². The van der Waals surface area contributed by atoms with Gasteiger partial charge in [-0.2, -0.15) is 5.26 Å². The quantitative estimate of drug-likeness (QED) is 0.795. The van der Waals surface area contributed by atoms with Crippen molar-refractivity contribution in [2.24, 2.45) is 0 Å². The predicted molar refractivity (Wildman–Crippen MR) is 79.8 cm³/mol. The van der Waals surface area contributed by atoms with Gasteiger partial charge < -0.3 is 5.32 Å². The molecule has 0 unspecified atom stereocenters. The van der Waals surface area contributed by atoms with Crippen LogP contribution in [-0.4, -0.2) is 14.5 Å². The van der Waals surface area contributed by atoms with Gasteiger partial charge in [-0.3, -0.25) is 4.57 Å². The van der Waals surface area contributed by atoms with E-state index in [2.05, 4.69) is 21.4 Å². The van der Waals surface area contributed by atoms with E-state index in [1.54, 1.807) is 24.8 Å². The maximum Gasteiger partial charge on any atom is 0.137 e. The molecule has 0 spiro atoms. The molecule has 2 heterocycles. The molecular formula is C16H13N5. The first-order valence-electron chi connectivity index (χ1n) is 6.52. The monoisotopic (exact) mass is 275 g/mol. The van der Waals surface area contributed by atoms with Crippen molar-refractivity contribution in [3.05, 3.63) is 72.4 Å². The molecule has 0 saturated carbocycles. The van der Waals surface area contributed by atoms with Gasteiger partial charge in [0.15, 0.2) is 0 Å². The number of nitriles is 1. The zero-order valence-electron chi connectivity index (χ0n) is 11.3. The Kier molecular flexibility index (Phi) is 3.61. The van der Waals surface area contributed by atoms with Crippen molar-refractivity contribution in [3.8, 4) is 11.9 Å². The third-order valence-electron chi connectivity index (χ3n) is 3.07. The number of nitrogens with one attached hydrogen (secondary N) is 1. The Morgan fingerprint density at radius 1 is 1.24 bits per heavy atom. The summed E-state index contributed by atoms with van der Waals surface area (Å²) in [6.45, 7) is 0.654. The van der Waals surface area contributed by atoms with E-state index in [0.717, 1.165) is 17.1 Å². The largest absolute Gasteiger partial charge is 0.380 e. The van der Waals surface area contributed by atoms with Crippen molar-refractivity contribution < 1.29 is 0 Å². The summed E-state index contributed by atoms with van der Waals surface area (Å²) in [6.07, 6.45) is 7.06. The van der Waals surface area contributed by atoms with E-state index in [1.807, 2.05) is 41.1 Å². The summed E-state index contributed by atoms with van der Waals surface area (Å²) >= 11 is 0. The summed E-state index contributed by atoms with van der Waals surface area (Å²) < 4.78 is 1.85. The number of hydrogen-bond acceptors (Lipinski definition) is 4. The van der Waals surface area contributed by atoms with Crippen LogP contribution in [0.5, 0.6) is 0 Å². The molecule has 1 N–H and O–H groups in total. The third-order valence-corrected chi connectivity index (χ3v) is 3.07. The lowest BCUT2D eigenvalue weighted by molar-refractivity contribution is 0.990. The molecule has 102 valence electrons. The number of aromatic nitrogens is 3. The second kappa shape index (κ2) is 5.88. The Morgan fingerprint density at radius 2 is 2.19 bits per heavy atom. The number of imidazole rings is 1. The van der Waals surface area contributed by atoms with Crippen molar-refractivity contribution in [3.63, 3.8) is 0 Å². The van der Waals surface area contributed by atoms with Crippen LogP contribution in [0.4, 0.5) is 5.69 Å². The number of nitrogens with zero attached hydrogens (tertiary/aromatic N) is 4. The van der Waals surface area contributed by atoms with Crippen LogP contribution in [0.15, 0.2) is 61.3 Å². The fraction of sp³-hybridized carbons (Fsp3) is 0.0625. The lowest BCUT2D eigenvalue weighted by atomic mass is 10.1. The summed E-state index contributed by atoms with van der Waals surface area (Å²) in [6, 6.07) is 13.6. The Balaban J connectivity index is 1.67. The van der Waals surface area contributed by atoms with Crippen LogP contribution in [0.1, 0.15) is 11.1 Å². The smallest absolute Gasteiger partial charge is 0.137 e. The van der Waals surface area contributed by atoms with E-state index >= 15 is 0 Å². The summed E-state index contributed by atoms with van der Waals surface area (Å²) in [4.78, 5) is 8.37. The highest BCUT2D eigenvalue weighted by molar-refractivity contribution is 5.44. The molecule has 0 bridgehead atoms. The van der Waals surface area contributed by atoms with E-state index in [-0.39, 0.29) is 0 Å². The van der Waals surface area contributed by atoms with Gasteiger partial charge in [0.25, 0.3) is 0 Å². The molecule has 0 fully saturated rings. The Bertz CT molecular complexity index is 754. The maximum absolute atomic E-state index is 8.88. The molecule has 2 aromatic heterocycles. The number of benzene rings is 1. The van der Waals surface area contributed by atoms with Gasteiger partial charge in [-0.1, -0.05) is 12.1 Å². The molecule has 3 aromatic rings. The SMILES string of the molecule is N#Cc1cccc(CNc2ccc(-n3ccnc3)nc2)c1. The van der Waals surface area contributed by atoms with Gasteiger partial charge in [-0.25, -0.2) is 9.97 Å². The minimum atomic E-state index is 0.654. The van der Waals surface area contributed by atoms with Crippen LogP contribution in [0.2, 0.25) is 0 Å². The van der Waals surface area contributed by atoms with Gasteiger partial charge in [0.1, 0.15) is 12.1 Å².